The number of hydrogen-bond acceptors (Lipinski definition) is 3. The van der Waals surface area contributed by atoms with Gasteiger partial charge in [-0.25, -0.2) is 0 Å². The molecule has 2 aliphatic rings. The van der Waals surface area contributed by atoms with Crippen LogP contribution >= 0.6 is 0 Å². The van der Waals surface area contributed by atoms with Gasteiger partial charge in [-0.05, 0) is 45.1 Å². The van der Waals surface area contributed by atoms with Gasteiger partial charge in [0.05, 0.1) is 7.11 Å². The molecule has 2 rings (SSSR count). The number of ether oxygens (including phenoxy) is 1. The lowest BCUT2D eigenvalue weighted by Crippen LogP contribution is -2.48. The van der Waals surface area contributed by atoms with Gasteiger partial charge in [-0.15, -0.1) is 0 Å². The van der Waals surface area contributed by atoms with Crippen molar-refractivity contribution in [2.45, 2.75) is 57.5 Å². The predicted molar refractivity (Wildman–Crippen MR) is 63.2 cm³/mol. The van der Waals surface area contributed by atoms with Crippen LogP contribution in [-0.4, -0.2) is 36.6 Å². The lowest BCUT2D eigenvalue weighted by molar-refractivity contribution is -0.148. The summed E-state index contributed by atoms with van der Waals surface area (Å²) in [7, 11) is 1.51. The third-order valence-electron chi connectivity index (χ3n) is 3.97. The van der Waals surface area contributed by atoms with Crippen LogP contribution in [0.25, 0.3) is 0 Å². The van der Waals surface area contributed by atoms with Crippen molar-refractivity contribution in [3.63, 3.8) is 0 Å². The Morgan fingerprint density at radius 2 is 2.00 bits per heavy atom. The number of carbonyl (C=O) groups excluding carboxylic acids is 1. The summed E-state index contributed by atoms with van der Waals surface area (Å²) in [6, 6.07) is 0.574. The van der Waals surface area contributed by atoms with Gasteiger partial charge < -0.3 is 4.74 Å². The van der Waals surface area contributed by atoms with E-state index in [1.54, 1.807) is 0 Å². The summed E-state index contributed by atoms with van der Waals surface area (Å²) in [5.41, 5.74) is 0. The highest BCUT2D eigenvalue weighted by Crippen LogP contribution is 2.37. The fourth-order valence-corrected chi connectivity index (χ4v) is 2.84. The van der Waals surface area contributed by atoms with E-state index < -0.39 is 0 Å². The standard InChI is InChI=1S/C13H23NO2/c1-10-6-4-3-5-9-14(10)12(11-7-8-11)13(15)16-2/h10-12H,3-9H2,1-2H3. The molecule has 92 valence electrons. The van der Waals surface area contributed by atoms with E-state index in [0.29, 0.717) is 12.0 Å². The number of nitrogens with zero attached hydrogens (tertiary/aromatic N) is 1. The molecule has 2 unspecified atom stereocenters. The summed E-state index contributed by atoms with van der Waals surface area (Å²) >= 11 is 0. The van der Waals surface area contributed by atoms with E-state index in [4.69, 9.17) is 4.74 Å². The van der Waals surface area contributed by atoms with E-state index in [9.17, 15) is 4.79 Å². The van der Waals surface area contributed by atoms with Crippen LogP contribution in [0.2, 0.25) is 0 Å². The molecule has 16 heavy (non-hydrogen) atoms. The van der Waals surface area contributed by atoms with Crippen LogP contribution in [-0.2, 0) is 9.53 Å². The molecule has 0 aromatic rings. The molecule has 2 fully saturated rings. The van der Waals surface area contributed by atoms with Crippen LogP contribution in [0.5, 0.6) is 0 Å². The normalized spacial score (nSPS) is 29.5. The van der Waals surface area contributed by atoms with E-state index >= 15 is 0 Å². The second-order valence-corrected chi connectivity index (χ2v) is 5.24. The zero-order valence-corrected chi connectivity index (χ0v) is 10.4. The van der Waals surface area contributed by atoms with Crippen LogP contribution in [0.15, 0.2) is 0 Å². The second kappa shape index (κ2) is 5.17. The molecule has 1 aliphatic heterocycles. The topological polar surface area (TPSA) is 29.5 Å². The molecule has 3 nitrogen and oxygen atoms in total. The van der Waals surface area contributed by atoms with Gasteiger partial charge in [-0.2, -0.15) is 0 Å². The van der Waals surface area contributed by atoms with Crippen molar-refractivity contribution < 1.29 is 9.53 Å². The van der Waals surface area contributed by atoms with Gasteiger partial charge >= 0.3 is 5.97 Å². The lowest BCUT2D eigenvalue weighted by Gasteiger charge is -2.33. The zero-order valence-electron chi connectivity index (χ0n) is 10.4. The first-order valence-electron chi connectivity index (χ1n) is 6.57. The minimum Gasteiger partial charge on any atom is -0.468 e. The molecular formula is C13H23NO2. The molecule has 2 atom stereocenters. The van der Waals surface area contributed by atoms with Crippen molar-refractivity contribution in [1.29, 1.82) is 0 Å². The molecule has 0 N–H and O–H groups in total. The number of hydrogen-bond donors (Lipinski definition) is 0. The van der Waals surface area contributed by atoms with Crippen molar-refractivity contribution >= 4 is 5.97 Å². The molecule has 1 saturated heterocycles. The van der Waals surface area contributed by atoms with Crippen LogP contribution < -0.4 is 0 Å². The number of rotatable bonds is 3. The quantitative estimate of drug-likeness (QED) is 0.690. The van der Waals surface area contributed by atoms with Gasteiger partial charge in [-0.1, -0.05) is 12.8 Å². The summed E-state index contributed by atoms with van der Waals surface area (Å²) < 4.78 is 4.98. The largest absolute Gasteiger partial charge is 0.468 e. The molecule has 3 heteroatoms. The Balaban J connectivity index is 2.07. The van der Waals surface area contributed by atoms with Gasteiger partial charge in [0.1, 0.15) is 6.04 Å². The molecule has 0 bridgehead atoms. The molecule has 0 aromatic heterocycles. The summed E-state index contributed by atoms with van der Waals surface area (Å²) in [4.78, 5) is 14.3. The highest BCUT2D eigenvalue weighted by molar-refractivity contribution is 5.76. The van der Waals surface area contributed by atoms with Gasteiger partial charge in [0.25, 0.3) is 0 Å². The predicted octanol–water partition coefficient (Wildman–Crippen LogP) is 2.20. The van der Waals surface area contributed by atoms with Crippen molar-refractivity contribution in [2.75, 3.05) is 13.7 Å². The summed E-state index contributed by atoms with van der Waals surface area (Å²) in [5, 5.41) is 0. The summed E-state index contributed by atoms with van der Waals surface area (Å²) in [6.07, 6.45) is 7.45. The first-order chi connectivity index (χ1) is 7.74. The maximum absolute atomic E-state index is 11.9. The Labute approximate surface area is 98.1 Å². The number of carbonyl (C=O) groups is 1. The zero-order chi connectivity index (χ0) is 11.5. The van der Waals surface area contributed by atoms with Gasteiger partial charge in [0.15, 0.2) is 0 Å². The first kappa shape index (κ1) is 11.9. The van der Waals surface area contributed by atoms with E-state index in [0.717, 1.165) is 6.54 Å². The minimum atomic E-state index is -0.0174. The fraction of sp³-hybridized carbons (Fsp3) is 0.923. The lowest BCUT2D eigenvalue weighted by atomic mass is 10.1. The number of methoxy groups -OCH3 is 1. The Morgan fingerprint density at radius 1 is 1.25 bits per heavy atom. The minimum absolute atomic E-state index is 0.0174. The molecular weight excluding hydrogens is 202 g/mol. The molecule has 0 spiro atoms. The Morgan fingerprint density at radius 3 is 2.62 bits per heavy atom. The monoisotopic (exact) mass is 225 g/mol. The molecule has 0 amide bonds. The second-order valence-electron chi connectivity index (χ2n) is 5.24. The third-order valence-corrected chi connectivity index (χ3v) is 3.97. The number of esters is 1. The van der Waals surface area contributed by atoms with Crippen LogP contribution in [0.4, 0.5) is 0 Å². The average molecular weight is 225 g/mol. The Kier molecular flexibility index (Phi) is 3.85. The maximum atomic E-state index is 11.9. The summed E-state index contributed by atoms with van der Waals surface area (Å²) in [5.74, 6) is 0.546. The average Bonchev–Trinajstić information content (AvgIpc) is 3.09. The van der Waals surface area contributed by atoms with Crippen molar-refractivity contribution in [3.8, 4) is 0 Å². The van der Waals surface area contributed by atoms with Crippen molar-refractivity contribution in [3.05, 3.63) is 0 Å². The molecule has 0 aromatic carbocycles. The van der Waals surface area contributed by atoms with Crippen LogP contribution in [0.1, 0.15) is 45.4 Å². The summed E-state index contributed by atoms with van der Waals surface area (Å²) in [6.45, 7) is 3.32. The molecule has 1 heterocycles. The highest BCUT2D eigenvalue weighted by atomic mass is 16.5. The Bertz CT molecular complexity index is 250. The molecule has 0 radical (unpaired) electrons. The fourth-order valence-electron chi connectivity index (χ4n) is 2.84. The van der Waals surface area contributed by atoms with E-state index in [1.165, 1.54) is 45.6 Å². The van der Waals surface area contributed by atoms with E-state index in [2.05, 4.69) is 11.8 Å². The smallest absolute Gasteiger partial charge is 0.323 e. The third kappa shape index (κ3) is 2.57. The van der Waals surface area contributed by atoms with Gasteiger partial charge in [0.2, 0.25) is 0 Å². The molecule has 1 aliphatic carbocycles. The van der Waals surface area contributed by atoms with Crippen molar-refractivity contribution in [1.82, 2.24) is 4.90 Å². The molecule has 1 saturated carbocycles. The van der Waals surface area contributed by atoms with E-state index in [1.807, 2.05) is 0 Å². The Hall–Kier alpha value is -0.570. The van der Waals surface area contributed by atoms with Gasteiger partial charge in [-0.3, -0.25) is 9.69 Å². The number of likely N-dealkylation sites (tertiary alicyclic amines) is 1. The highest BCUT2D eigenvalue weighted by Gasteiger charge is 2.42. The van der Waals surface area contributed by atoms with Crippen LogP contribution in [0, 0.1) is 5.92 Å². The maximum Gasteiger partial charge on any atom is 0.323 e. The SMILES string of the molecule is COC(=O)C(C1CC1)N1CCCCCC1C. The van der Waals surface area contributed by atoms with E-state index in [-0.39, 0.29) is 12.0 Å². The van der Waals surface area contributed by atoms with Gasteiger partial charge in [0, 0.05) is 6.04 Å². The van der Waals surface area contributed by atoms with Crippen molar-refractivity contribution in [2.24, 2.45) is 5.92 Å². The van der Waals surface area contributed by atoms with Crippen LogP contribution in [0.3, 0.4) is 0 Å². The first-order valence-corrected chi connectivity index (χ1v) is 6.57.